The first-order chi connectivity index (χ1) is 5.25. The van der Waals surface area contributed by atoms with Crippen molar-refractivity contribution in [2.24, 2.45) is 5.84 Å². The molecule has 0 amide bonds. The Bertz CT molecular complexity index is 200. The summed E-state index contributed by atoms with van der Waals surface area (Å²) in [5, 5.41) is 0. The Kier molecular flexibility index (Phi) is 2.56. The van der Waals surface area contributed by atoms with Gasteiger partial charge in [0.1, 0.15) is 11.8 Å². The molecule has 0 saturated carbocycles. The molecule has 5 heteroatoms. The number of halogens is 2. The van der Waals surface area contributed by atoms with Gasteiger partial charge in [-0.1, -0.05) is 0 Å². The Morgan fingerprint density at radius 2 is 2.27 bits per heavy atom. The number of hydrazine groups is 1. The van der Waals surface area contributed by atoms with E-state index in [4.69, 9.17) is 10.3 Å². The number of nitrogens with one attached hydrogen (secondary N) is 1. The molecule has 3 N–H and O–H groups in total. The van der Waals surface area contributed by atoms with Crippen LogP contribution in [-0.4, -0.2) is 6.43 Å². The van der Waals surface area contributed by atoms with Gasteiger partial charge in [-0.25, -0.2) is 14.2 Å². The second kappa shape index (κ2) is 3.45. The molecule has 0 aliphatic carbocycles. The highest BCUT2D eigenvalue weighted by Gasteiger charge is 2.22. The first-order valence-corrected chi connectivity index (χ1v) is 3.03. The van der Waals surface area contributed by atoms with Gasteiger partial charge in [-0.05, 0) is 12.1 Å². The van der Waals surface area contributed by atoms with Gasteiger partial charge in [0.2, 0.25) is 0 Å². The minimum Gasteiger partial charge on any atom is -0.467 e. The smallest absolute Gasteiger partial charge is 0.262 e. The van der Waals surface area contributed by atoms with Crippen molar-refractivity contribution in [3.05, 3.63) is 24.2 Å². The van der Waals surface area contributed by atoms with Crippen LogP contribution in [0.1, 0.15) is 11.8 Å². The van der Waals surface area contributed by atoms with E-state index in [2.05, 4.69) is 0 Å². The van der Waals surface area contributed by atoms with Crippen molar-refractivity contribution in [2.45, 2.75) is 12.5 Å². The highest BCUT2D eigenvalue weighted by Crippen LogP contribution is 2.19. The highest BCUT2D eigenvalue weighted by atomic mass is 19.3. The number of hydrogen-bond donors (Lipinski definition) is 2. The molecule has 0 aliphatic rings. The van der Waals surface area contributed by atoms with Crippen LogP contribution < -0.4 is 11.3 Å². The van der Waals surface area contributed by atoms with E-state index in [0.29, 0.717) is 0 Å². The Morgan fingerprint density at radius 1 is 1.55 bits per heavy atom. The van der Waals surface area contributed by atoms with Crippen molar-refractivity contribution in [1.29, 1.82) is 0 Å². The van der Waals surface area contributed by atoms with Crippen molar-refractivity contribution in [3.8, 4) is 0 Å². The maximum atomic E-state index is 12.1. The molecule has 62 valence electrons. The van der Waals surface area contributed by atoms with E-state index in [1.165, 1.54) is 18.4 Å². The summed E-state index contributed by atoms with van der Waals surface area (Å²) in [6.45, 7) is 0. The average molecular weight is 162 g/mol. The minimum atomic E-state index is -2.56. The van der Waals surface area contributed by atoms with Crippen LogP contribution in [0.3, 0.4) is 0 Å². The maximum Gasteiger partial charge on any atom is 0.262 e. The monoisotopic (exact) mass is 162 g/mol. The van der Waals surface area contributed by atoms with E-state index >= 15 is 0 Å². The largest absolute Gasteiger partial charge is 0.467 e. The molecule has 1 atom stereocenters. The Morgan fingerprint density at radius 3 is 2.64 bits per heavy atom. The van der Waals surface area contributed by atoms with Crippen molar-refractivity contribution >= 4 is 0 Å². The van der Waals surface area contributed by atoms with E-state index in [9.17, 15) is 8.78 Å². The summed E-state index contributed by atoms with van der Waals surface area (Å²) in [5.74, 6) is 5.02. The summed E-state index contributed by atoms with van der Waals surface area (Å²) < 4.78 is 28.8. The molecule has 1 aromatic heterocycles. The summed E-state index contributed by atoms with van der Waals surface area (Å²) in [4.78, 5) is 0. The van der Waals surface area contributed by atoms with Crippen LogP contribution in [-0.2, 0) is 0 Å². The molecule has 1 heterocycles. The first kappa shape index (κ1) is 8.16. The van der Waals surface area contributed by atoms with Crippen LogP contribution in [0.15, 0.2) is 22.8 Å². The fourth-order valence-corrected chi connectivity index (χ4v) is 0.747. The lowest BCUT2D eigenvalue weighted by Crippen LogP contribution is -2.32. The van der Waals surface area contributed by atoms with Crippen molar-refractivity contribution in [1.82, 2.24) is 5.43 Å². The van der Waals surface area contributed by atoms with Gasteiger partial charge < -0.3 is 4.42 Å². The molecule has 0 aliphatic heterocycles. The van der Waals surface area contributed by atoms with Gasteiger partial charge in [-0.2, -0.15) is 0 Å². The van der Waals surface area contributed by atoms with Crippen LogP contribution in [0.4, 0.5) is 8.78 Å². The highest BCUT2D eigenvalue weighted by molar-refractivity contribution is 5.04. The Balaban J connectivity index is 2.71. The van der Waals surface area contributed by atoms with Gasteiger partial charge in [0, 0.05) is 0 Å². The van der Waals surface area contributed by atoms with Crippen LogP contribution >= 0.6 is 0 Å². The normalized spacial score (nSPS) is 13.8. The zero-order valence-electron chi connectivity index (χ0n) is 5.63. The van der Waals surface area contributed by atoms with Crippen LogP contribution in [0.2, 0.25) is 0 Å². The van der Waals surface area contributed by atoms with Gasteiger partial charge in [-0.15, -0.1) is 0 Å². The fraction of sp³-hybridized carbons (Fsp3) is 0.333. The lowest BCUT2D eigenvalue weighted by atomic mass is 10.2. The predicted molar refractivity (Wildman–Crippen MR) is 34.8 cm³/mol. The predicted octanol–water partition coefficient (Wildman–Crippen LogP) is 1.05. The van der Waals surface area contributed by atoms with Crippen LogP contribution in [0.25, 0.3) is 0 Å². The molecule has 0 bridgehead atoms. The maximum absolute atomic E-state index is 12.1. The topological polar surface area (TPSA) is 51.2 Å². The van der Waals surface area contributed by atoms with E-state index in [0.717, 1.165) is 0 Å². The molecule has 1 rings (SSSR count). The first-order valence-electron chi connectivity index (χ1n) is 3.03. The lowest BCUT2D eigenvalue weighted by Gasteiger charge is -2.10. The summed E-state index contributed by atoms with van der Waals surface area (Å²) in [7, 11) is 0. The molecule has 11 heavy (non-hydrogen) atoms. The van der Waals surface area contributed by atoms with Crippen molar-refractivity contribution in [2.75, 3.05) is 0 Å². The summed E-state index contributed by atoms with van der Waals surface area (Å²) in [6.07, 6.45) is -1.24. The molecule has 0 saturated heterocycles. The van der Waals surface area contributed by atoms with Gasteiger partial charge >= 0.3 is 0 Å². The van der Waals surface area contributed by atoms with E-state index in [-0.39, 0.29) is 5.76 Å². The molecule has 1 aromatic rings. The van der Waals surface area contributed by atoms with Crippen molar-refractivity contribution in [3.63, 3.8) is 0 Å². The molecule has 3 nitrogen and oxygen atoms in total. The molecule has 0 aromatic carbocycles. The van der Waals surface area contributed by atoms with E-state index < -0.39 is 12.5 Å². The van der Waals surface area contributed by atoms with Gasteiger partial charge in [0.05, 0.1) is 6.26 Å². The van der Waals surface area contributed by atoms with Crippen LogP contribution in [0.5, 0.6) is 0 Å². The molecule has 1 unspecified atom stereocenters. The summed E-state index contributed by atoms with van der Waals surface area (Å²) >= 11 is 0. The summed E-state index contributed by atoms with van der Waals surface area (Å²) in [6, 6.07) is 1.75. The van der Waals surface area contributed by atoms with Gasteiger partial charge in [-0.3, -0.25) is 5.84 Å². The Hall–Kier alpha value is -0.940. The standard InChI is InChI=1S/C6H8F2N2O/c7-6(8)5(10-9)4-2-1-3-11-4/h1-3,5-6,10H,9H2. The third-order valence-corrected chi connectivity index (χ3v) is 1.28. The third-order valence-electron chi connectivity index (χ3n) is 1.28. The SMILES string of the molecule is NNC(c1ccco1)C(F)F. The molecule has 0 fully saturated rings. The average Bonchev–Trinajstić information content (AvgIpc) is 2.40. The Labute approximate surface area is 62.1 Å². The second-order valence-electron chi connectivity index (χ2n) is 1.99. The van der Waals surface area contributed by atoms with Crippen LogP contribution in [0, 0.1) is 0 Å². The number of hydrogen-bond acceptors (Lipinski definition) is 3. The summed E-state index contributed by atoms with van der Waals surface area (Å²) in [5.41, 5.74) is 1.96. The van der Waals surface area contributed by atoms with Crippen molar-refractivity contribution < 1.29 is 13.2 Å². The minimum absolute atomic E-state index is 0.141. The fourth-order valence-electron chi connectivity index (χ4n) is 0.747. The molecule has 0 radical (unpaired) electrons. The van der Waals surface area contributed by atoms with E-state index in [1.54, 1.807) is 0 Å². The van der Waals surface area contributed by atoms with Gasteiger partial charge in [0.25, 0.3) is 6.43 Å². The quantitative estimate of drug-likeness (QED) is 0.516. The zero-order valence-corrected chi connectivity index (χ0v) is 5.63. The number of alkyl halides is 2. The molecule has 0 spiro atoms. The van der Waals surface area contributed by atoms with Gasteiger partial charge in [0.15, 0.2) is 0 Å². The van der Waals surface area contributed by atoms with E-state index in [1.807, 2.05) is 5.43 Å². The number of furan rings is 1. The lowest BCUT2D eigenvalue weighted by molar-refractivity contribution is 0.0882. The third kappa shape index (κ3) is 1.75. The molecular weight excluding hydrogens is 154 g/mol. The molecular formula is C6H8F2N2O. The zero-order chi connectivity index (χ0) is 8.27. The second-order valence-corrected chi connectivity index (χ2v) is 1.99. The number of nitrogens with two attached hydrogens (primary N) is 1. The number of rotatable bonds is 3.